The van der Waals surface area contributed by atoms with E-state index >= 15 is 0 Å². The minimum absolute atomic E-state index is 0.0416. The van der Waals surface area contributed by atoms with E-state index in [4.69, 9.17) is 5.11 Å². The molecule has 1 aromatic carbocycles. The monoisotopic (exact) mass is 383 g/mol. The summed E-state index contributed by atoms with van der Waals surface area (Å²) in [4.78, 5) is 25.4. The first-order chi connectivity index (χ1) is 10.9. The molecule has 0 aliphatic carbocycles. The third kappa shape index (κ3) is 4.32. The van der Waals surface area contributed by atoms with E-state index in [0.29, 0.717) is 6.42 Å². The lowest BCUT2D eigenvalue weighted by Gasteiger charge is -2.37. The molecule has 2 N–H and O–H groups in total. The molecule has 1 heterocycles. The van der Waals surface area contributed by atoms with Crippen LogP contribution in [-0.2, 0) is 16.0 Å². The zero-order valence-electron chi connectivity index (χ0n) is 13.2. The second-order valence-corrected chi connectivity index (χ2v) is 7.02. The first-order valence-electron chi connectivity index (χ1n) is 7.84. The number of piperidine rings is 1. The zero-order valence-corrected chi connectivity index (χ0v) is 14.8. The lowest BCUT2D eigenvalue weighted by molar-refractivity contribution is -0.166. The van der Waals surface area contributed by atoms with Crippen molar-refractivity contribution in [2.45, 2.75) is 38.2 Å². The number of likely N-dealkylation sites (tertiary alicyclic amines) is 1. The molecule has 1 saturated heterocycles. The van der Waals surface area contributed by atoms with Crippen LogP contribution < -0.4 is 0 Å². The normalized spacial score (nSPS) is 18.5. The molecular formula is C17H22BrNO4. The number of hydrogen-bond acceptors (Lipinski definition) is 3. The lowest BCUT2D eigenvalue weighted by atomic mass is 9.89. The maximum absolute atomic E-state index is 12.7. The Hall–Kier alpha value is -1.40. The van der Waals surface area contributed by atoms with Crippen molar-refractivity contribution in [1.82, 2.24) is 4.90 Å². The van der Waals surface area contributed by atoms with Crippen LogP contribution in [0.15, 0.2) is 28.7 Å². The van der Waals surface area contributed by atoms with Gasteiger partial charge in [-0.25, -0.2) is 4.79 Å². The van der Waals surface area contributed by atoms with Crippen molar-refractivity contribution in [2.75, 3.05) is 13.1 Å². The van der Waals surface area contributed by atoms with E-state index in [-0.39, 0.29) is 37.8 Å². The van der Waals surface area contributed by atoms with Crippen molar-refractivity contribution in [3.05, 3.63) is 34.3 Å². The van der Waals surface area contributed by atoms with Crippen molar-refractivity contribution in [1.29, 1.82) is 0 Å². The second kappa shape index (κ2) is 7.45. The number of carbonyl (C=O) groups excluding carboxylic acids is 1. The summed E-state index contributed by atoms with van der Waals surface area (Å²) >= 11 is 3.43. The lowest BCUT2D eigenvalue weighted by Crippen LogP contribution is -2.52. The zero-order chi connectivity index (χ0) is 17.0. The third-order valence-corrected chi connectivity index (χ3v) is 5.01. The van der Waals surface area contributed by atoms with Gasteiger partial charge in [-0.3, -0.25) is 4.79 Å². The summed E-state index contributed by atoms with van der Waals surface area (Å²) < 4.78 is 0.988. The van der Waals surface area contributed by atoms with E-state index in [0.717, 1.165) is 16.5 Å². The minimum atomic E-state index is -1.69. The van der Waals surface area contributed by atoms with Gasteiger partial charge in [0.15, 0.2) is 5.60 Å². The average molecular weight is 384 g/mol. The highest BCUT2D eigenvalue weighted by Crippen LogP contribution is 2.25. The molecule has 1 aliphatic heterocycles. The van der Waals surface area contributed by atoms with Gasteiger partial charge in [-0.1, -0.05) is 35.0 Å². The van der Waals surface area contributed by atoms with Crippen molar-refractivity contribution in [3.63, 3.8) is 0 Å². The predicted octanol–water partition coefficient (Wildman–Crippen LogP) is 2.46. The van der Waals surface area contributed by atoms with Crippen LogP contribution in [0.5, 0.6) is 0 Å². The van der Waals surface area contributed by atoms with E-state index in [9.17, 15) is 14.7 Å². The van der Waals surface area contributed by atoms with Crippen molar-refractivity contribution in [2.24, 2.45) is 5.92 Å². The number of carbonyl (C=O) groups is 2. The van der Waals surface area contributed by atoms with E-state index in [1.807, 2.05) is 31.2 Å². The molecule has 23 heavy (non-hydrogen) atoms. The molecule has 6 heteroatoms. The van der Waals surface area contributed by atoms with Crippen LogP contribution in [0.25, 0.3) is 0 Å². The number of aliphatic hydroxyl groups is 1. The highest BCUT2D eigenvalue weighted by atomic mass is 79.9. The van der Waals surface area contributed by atoms with Crippen LogP contribution in [-0.4, -0.2) is 45.7 Å². The topological polar surface area (TPSA) is 77.8 Å². The largest absolute Gasteiger partial charge is 0.479 e. The van der Waals surface area contributed by atoms with Crippen LogP contribution in [0.4, 0.5) is 0 Å². The summed E-state index contributed by atoms with van der Waals surface area (Å²) in [5, 5.41) is 19.0. The number of halogens is 1. The molecule has 126 valence electrons. The molecule has 0 bridgehead atoms. The summed E-state index contributed by atoms with van der Waals surface area (Å²) in [6.07, 6.45) is 1.56. The van der Waals surface area contributed by atoms with Gasteiger partial charge in [-0.15, -0.1) is 0 Å². The number of hydrogen-bond donors (Lipinski definition) is 2. The van der Waals surface area contributed by atoms with Gasteiger partial charge in [0.2, 0.25) is 5.91 Å². The van der Waals surface area contributed by atoms with Crippen molar-refractivity contribution in [3.8, 4) is 0 Å². The van der Waals surface area contributed by atoms with Crippen molar-refractivity contribution >= 4 is 27.8 Å². The number of benzene rings is 1. The van der Waals surface area contributed by atoms with Crippen LogP contribution in [0.3, 0.4) is 0 Å². The van der Waals surface area contributed by atoms with Gasteiger partial charge in [0, 0.05) is 36.3 Å². The summed E-state index contributed by atoms with van der Waals surface area (Å²) in [5.74, 6) is -1.29. The Bertz CT molecular complexity index is 582. The first kappa shape index (κ1) is 17.9. The molecule has 2 rings (SSSR count). The molecule has 1 aromatic rings. The molecule has 1 aliphatic rings. The van der Waals surface area contributed by atoms with Crippen molar-refractivity contribution < 1.29 is 19.8 Å². The molecule has 0 spiro atoms. The van der Waals surface area contributed by atoms with Crippen LogP contribution in [0.2, 0.25) is 0 Å². The van der Waals surface area contributed by atoms with Gasteiger partial charge in [0.1, 0.15) is 0 Å². The summed E-state index contributed by atoms with van der Waals surface area (Å²) in [7, 11) is 0. The standard InChI is InChI=1S/C17H22BrNO4/c1-2-13(10-12-4-3-5-14(18)11-12)15(20)19-8-6-17(23,7-9-19)16(21)22/h3-5,11,13,23H,2,6-10H2,1H3,(H,21,22). The van der Waals surface area contributed by atoms with Gasteiger partial charge in [-0.2, -0.15) is 0 Å². The van der Waals surface area contributed by atoms with Gasteiger partial charge in [0.25, 0.3) is 0 Å². The number of rotatable bonds is 5. The Kier molecular flexibility index (Phi) is 5.81. The Morgan fingerprint density at radius 2 is 2.00 bits per heavy atom. The van der Waals surface area contributed by atoms with E-state index in [1.165, 1.54) is 0 Å². The summed E-state index contributed by atoms with van der Waals surface area (Å²) in [5.41, 5.74) is -0.596. The maximum Gasteiger partial charge on any atom is 0.335 e. The van der Waals surface area contributed by atoms with E-state index in [1.54, 1.807) is 4.90 Å². The molecule has 5 nitrogen and oxygen atoms in total. The van der Waals surface area contributed by atoms with Crippen LogP contribution in [0.1, 0.15) is 31.7 Å². The predicted molar refractivity (Wildman–Crippen MR) is 90.0 cm³/mol. The Morgan fingerprint density at radius 3 is 2.52 bits per heavy atom. The highest BCUT2D eigenvalue weighted by Gasteiger charge is 2.41. The average Bonchev–Trinajstić information content (AvgIpc) is 2.52. The van der Waals surface area contributed by atoms with Gasteiger partial charge < -0.3 is 15.1 Å². The van der Waals surface area contributed by atoms with E-state index < -0.39 is 11.6 Å². The van der Waals surface area contributed by atoms with Crippen LogP contribution in [0, 0.1) is 5.92 Å². The SMILES string of the molecule is CCC(Cc1cccc(Br)c1)C(=O)N1CCC(O)(C(=O)O)CC1. The Labute approximate surface area is 144 Å². The molecule has 1 unspecified atom stereocenters. The number of nitrogens with zero attached hydrogens (tertiary/aromatic N) is 1. The molecule has 0 aromatic heterocycles. The molecule has 0 saturated carbocycles. The maximum atomic E-state index is 12.7. The third-order valence-electron chi connectivity index (χ3n) is 4.51. The van der Waals surface area contributed by atoms with Gasteiger partial charge in [-0.05, 0) is 30.5 Å². The molecular weight excluding hydrogens is 362 g/mol. The minimum Gasteiger partial charge on any atom is -0.479 e. The number of amides is 1. The fourth-order valence-electron chi connectivity index (χ4n) is 2.92. The fourth-order valence-corrected chi connectivity index (χ4v) is 3.37. The van der Waals surface area contributed by atoms with E-state index in [2.05, 4.69) is 15.9 Å². The van der Waals surface area contributed by atoms with Gasteiger partial charge >= 0.3 is 5.97 Å². The quantitative estimate of drug-likeness (QED) is 0.818. The number of carboxylic acids is 1. The second-order valence-electron chi connectivity index (χ2n) is 6.10. The smallest absolute Gasteiger partial charge is 0.335 e. The molecule has 1 amide bonds. The molecule has 0 radical (unpaired) electrons. The highest BCUT2D eigenvalue weighted by molar-refractivity contribution is 9.10. The molecule has 1 fully saturated rings. The first-order valence-corrected chi connectivity index (χ1v) is 8.64. The number of aliphatic carboxylic acids is 1. The Morgan fingerprint density at radius 1 is 1.35 bits per heavy atom. The Balaban J connectivity index is 1.99. The molecule has 1 atom stereocenters. The fraction of sp³-hybridized carbons (Fsp3) is 0.529. The number of carboxylic acid groups (broad SMARTS) is 1. The summed E-state index contributed by atoms with van der Waals surface area (Å²) in [6, 6.07) is 7.91. The van der Waals surface area contributed by atoms with Gasteiger partial charge in [0.05, 0.1) is 0 Å². The van der Waals surface area contributed by atoms with Crippen LogP contribution >= 0.6 is 15.9 Å². The summed E-state index contributed by atoms with van der Waals surface area (Å²) in [6.45, 7) is 2.56.